The van der Waals surface area contributed by atoms with Crippen molar-refractivity contribution in [1.29, 1.82) is 0 Å². The van der Waals surface area contributed by atoms with E-state index in [0.29, 0.717) is 6.54 Å². The van der Waals surface area contributed by atoms with Crippen molar-refractivity contribution in [2.75, 3.05) is 13.7 Å². The van der Waals surface area contributed by atoms with Crippen molar-refractivity contribution in [3.63, 3.8) is 0 Å². The molecule has 0 aromatic rings. The van der Waals surface area contributed by atoms with E-state index < -0.39 is 17.7 Å². The Labute approximate surface area is 101 Å². The van der Waals surface area contributed by atoms with Gasteiger partial charge < -0.3 is 14.8 Å². The monoisotopic (exact) mass is 241 g/mol. The predicted octanol–water partition coefficient (Wildman–Crippen LogP) is 1.80. The molecule has 5 nitrogen and oxygen atoms in total. The van der Waals surface area contributed by atoms with Crippen LogP contribution in [0.15, 0.2) is 24.3 Å². The number of alkyl carbamates (subject to hydrolysis) is 1. The molecular formula is C12H19NO4. The standard InChI is InChI=1S/C12H19NO4/c1-12(2,3)17-11(15)13-9-7-5-6-8-10(14)16-4/h5-8H,9H2,1-4H3,(H,13,15)/b7-5+,8-6+. The third-order valence-electron chi connectivity index (χ3n) is 1.44. The second-order valence-corrected chi connectivity index (χ2v) is 4.19. The summed E-state index contributed by atoms with van der Waals surface area (Å²) in [7, 11) is 1.31. The fourth-order valence-electron chi connectivity index (χ4n) is 0.805. The third-order valence-corrected chi connectivity index (χ3v) is 1.44. The summed E-state index contributed by atoms with van der Waals surface area (Å²) in [6.07, 6.45) is 5.66. The van der Waals surface area contributed by atoms with Gasteiger partial charge in [-0.2, -0.15) is 0 Å². The number of nitrogens with one attached hydrogen (secondary N) is 1. The molecule has 0 radical (unpaired) electrons. The normalized spacial score (nSPS) is 11.8. The zero-order valence-corrected chi connectivity index (χ0v) is 10.6. The lowest BCUT2D eigenvalue weighted by molar-refractivity contribution is -0.134. The molecule has 0 aliphatic heterocycles. The van der Waals surface area contributed by atoms with E-state index in [1.54, 1.807) is 32.9 Å². The Kier molecular flexibility index (Phi) is 6.70. The van der Waals surface area contributed by atoms with E-state index in [4.69, 9.17) is 4.74 Å². The zero-order chi connectivity index (χ0) is 13.3. The summed E-state index contributed by atoms with van der Waals surface area (Å²) >= 11 is 0. The lowest BCUT2D eigenvalue weighted by atomic mass is 10.2. The lowest BCUT2D eigenvalue weighted by Gasteiger charge is -2.19. The van der Waals surface area contributed by atoms with Crippen LogP contribution in [0.3, 0.4) is 0 Å². The summed E-state index contributed by atoms with van der Waals surface area (Å²) in [5.41, 5.74) is -0.501. The highest BCUT2D eigenvalue weighted by molar-refractivity contribution is 5.82. The van der Waals surface area contributed by atoms with Crippen molar-refractivity contribution in [3.05, 3.63) is 24.3 Å². The molecule has 96 valence electrons. The van der Waals surface area contributed by atoms with E-state index >= 15 is 0 Å². The number of hydrogen-bond donors (Lipinski definition) is 1. The van der Waals surface area contributed by atoms with Crippen LogP contribution in [-0.4, -0.2) is 31.3 Å². The molecule has 0 fully saturated rings. The van der Waals surface area contributed by atoms with Gasteiger partial charge in [-0.15, -0.1) is 0 Å². The molecule has 0 unspecified atom stereocenters. The molecule has 1 amide bonds. The van der Waals surface area contributed by atoms with Crippen LogP contribution in [-0.2, 0) is 14.3 Å². The Hall–Kier alpha value is -1.78. The van der Waals surface area contributed by atoms with E-state index in [1.165, 1.54) is 19.3 Å². The average molecular weight is 241 g/mol. The highest BCUT2D eigenvalue weighted by Crippen LogP contribution is 2.05. The van der Waals surface area contributed by atoms with Gasteiger partial charge in [0.15, 0.2) is 0 Å². The number of carbonyl (C=O) groups excluding carboxylic acids is 2. The first-order chi connectivity index (χ1) is 7.85. The third kappa shape index (κ3) is 10.5. The summed E-state index contributed by atoms with van der Waals surface area (Å²) in [4.78, 5) is 21.9. The van der Waals surface area contributed by atoms with Crippen LogP contribution < -0.4 is 5.32 Å². The van der Waals surface area contributed by atoms with Gasteiger partial charge in [0, 0.05) is 12.6 Å². The van der Waals surface area contributed by atoms with Crippen molar-refractivity contribution in [3.8, 4) is 0 Å². The highest BCUT2D eigenvalue weighted by Gasteiger charge is 2.14. The van der Waals surface area contributed by atoms with Crippen LogP contribution in [0, 0.1) is 0 Å². The number of esters is 1. The molecule has 0 aromatic heterocycles. The van der Waals surface area contributed by atoms with Gasteiger partial charge in [-0.25, -0.2) is 9.59 Å². The van der Waals surface area contributed by atoms with Crippen LogP contribution in [0.25, 0.3) is 0 Å². The molecule has 0 aliphatic rings. The minimum Gasteiger partial charge on any atom is -0.466 e. The van der Waals surface area contributed by atoms with Gasteiger partial charge in [-0.05, 0) is 20.8 Å². The number of methoxy groups -OCH3 is 1. The molecule has 0 bridgehead atoms. The molecule has 0 saturated carbocycles. The van der Waals surface area contributed by atoms with Crippen LogP contribution in [0.2, 0.25) is 0 Å². The molecule has 17 heavy (non-hydrogen) atoms. The van der Waals surface area contributed by atoms with Crippen molar-refractivity contribution in [2.24, 2.45) is 0 Å². The Morgan fingerprint density at radius 2 is 1.88 bits per heavy atom. The first-order valence-electron chi connectivity index (χ1n) is 5.23. The number of amides is 1. The summed E-state index contributed by atoms with van der Waals surface area (Å²) in [5, 5.41) is 2.54. The maximum atomic E-state index is 11.2. The smallest absolute Gasteiger partial charge is 0.407 e. The molecule has 0 heterocycles. The lowest BCUT2D eigenvalue weighted by Crippen LogP contribution is -2.32. The minimum atomic E-state index is -0.501. The summed E-state index contributed by atoms with van der Waals surface area (Å²) < 4.78 is 9.42. The maximum Gasteiger partial charge on any atom is 0.407 e. The average Bonchev–Trinajstić information content (AvgIpc) is 2.20. The SMILES string of the molecule is COC(=O)/C=C/C=C/CNC(=O)OC(C)(C)C. The second kappa shape index (κ2) is 7.49. The number of allylic oxidation sites excluding steroid dienone is 2. The first-order valence-corrected chi connectivity index (χ1v) is 5.23. The molecule has 0 saturated heterocycles. The molecule has 1 N–H and O–H groups in total. The van der Waals surface area contributed by atoms with Crippen LogP contribution in [0.5, 0.6) is 0 Å². The molecule has 0 spiro atoms. The second-order valence-electron chi connectivity index (χ2n) is 4.19. The first kappa shape index (κ1) is 15.2. The van der Waals surface area contributed by atoms with Crippen LogP contribution in [0.4, 0.5) is 4.79 Å². The van der Waals surface area contributed by atoms with Gasteiger partial charge in [-0.1, -0.05) is 18.2 Å². The van der Waals surface area contributed by atoms with Gasteiger partial charge in [0.2, 0.25) is 0 Å². The topological polar surface area (TPSA) is 64.6 Å². The Balaban J connectivity index is 3.77. The van der Waals surface area contributed by atoms with Crippen LogP contribution in [0.1, 0.15) is 20.8 Å². The minimum absolute atomic E-state index is 0.334. The van der Waals surface area contributed by atoms with Crippen molar-refractivity contribution < 1.29 is 19.1 Å². The highest BCUT2D eigenvalue weighted by atomic mass is 16.6. The van der Waals surface area contributed by atoms with Crippen molar-refractivity contribution in [1.82, 2.24) is 5.32 Å². The van der Waals surface area contributed by atoms with Gasteiger partial charge in [-0.3, -0.25) is 0 Å². The molecule has 5 heteroatoms. The van der Waals surface area contributed by atoms with Crippen molar-refractivity contribution in [2.45, 2.75) is 26.4 Å². The quantitative estimate of drug-likeness (QED) is 0.463. The van der Waals surface area contributed by atoms with E-state index in [2.05, 4.69) is 10.1 Å². The summed E-state index contributed by atoms with van der Waals surface area (Å²) in [6.45, 7) is 5.71. The van der Waals surface area contributed by atoms with Crippen molar-refractivity contribution >= 4 is 12.1 Å². The number of hydrogen-bond acceptors (Lipinski definition) is 4. The number of rotatable bonds is 4. The summed E-state index contributed by atoms with van der Waals surface area (Å²) in [5.74, 6) is -0.422. The van der Waals surface area contributed by atoms with Gasteiger partial charge >= 0.3 is 12.1 Å². The van der Waals surface area contributed by atoms with E-state index in [0.717, 1.165) is 0 Å². The molecular weight excluding hydrogens is 222 g/mol. The van der Waals surface area contributed by atoms with E-state index in [9.17, 15) is 9.59 Å². The fourth-order valence-corrected chi connectivity index (χ4v) is 0.805. The van der Waals surface area contributed by atoms with Gasteiger partial charge in [0.25, 0.3) is 0 Å². The Bertz CT molecular complexity index is 313. The van der Waals surface area contributed by atoms with E-state index in [-0.39, 0.29) is 0 Å². The molecule has 0 rings (SSSR count). The maximum absolute atomic E-state index is 11.2. The summed E-state index contributed by atoms with van der Waals surface area (Å²) in [6, 6.07) is 0. The number of ether oxygens (including phenoxy) is 2. The molecule has 0 aromatic carbocycles. The Morgan fingerprint density at radius 3 is 2.41 bits per heavy atom. The van der Waals surface area contributed by atoms with Crippen LogP contribution >= 0.6 is 0 Å². The molecule has 0 atom stereocenters. The largest absolute Gasteiger partial charge is 0.466 e. The van der Waals surface area contributed by atoms with E-state index in [1.807, 2.05) is 0 Å². The molecule has 0 aliphatic carbocycles. The predicted molar refractivity (Wildman–Crippen MR) is 64.5 cm³/mol. The Morgan fingerprint density at radius 1 is 1.24 bits per heavy atom. The van der Waals surface area contributed by atoms with Gasteiger partial charge in [0.05, 0.1) is 7.11 Å². The zero-order valence-electron chi connectivity index (χ0n) is 10.6. The number of carbonyl (C=O) groups is 2. The van der Waals surface area contributed by atoms with Gasteiger partial charge in [0.1, 0.15) is 5.60 Å². The fraction of sp³-hybridized carbons (Fsp3) is 0.500.